The van der Waals surface area contributed by atoms with Gasteiger partial charge < -0.3 is 0 Å². The second-order valence-electron chi connectivity index (χ2n) is 7.71. The van der Waals surface area contributed by atoms with E-state index in [0.29, 0.717) is 11.2 Å². The Morgan fingerprint density at radius 1 is 0.750 bits per heavy atom. The van der Waals surface area contributed by atoms with E-state index in [4.69, 9.17) is 4.84 Å². The van der Waals surface area contributed by atoms with Gasteiger partial charge >= 0.3 is 195 Å². The Balaban J connectivity index is 1.78. The third kappa shape index (κ3) is 3.89. The third-order valence-electron chi connectivity index (χ3n) is 5.82. The van der Waals surface area contributed by atoms with Gasteiger partial charge in [0, 0.05) is 0 Å². The second kappa shape index (κ2) is 8.97. The van der Waals surface area contributed by atoms with Gasteiger partial charge in [-0.1, -0.05) is 0 Å². The molecule has 1 heterocycles. The molecule has 0 radical (unpaired) electrons. The van der Waals surface area contributed by atoms with Crippen LogP contribution in [-0.4, -0.2) is 29.0 Å². The van der Waals surface area contributed by atoms with Crippen molar-refractivity contribution in [1.82, 2.24) is 5.06 Å². The number of rotatable bonds is 7. The van der Waals surface area contributed by atoms with Gasteiger partial charge in [-0.2, -0.15) is 0 Å². The van der Waals surface area contributed by atoms with Crippen molar-refractivity contribution in [3.8, 4) is 0 Å². The Morgan fingerprint density at radius 3 is 1.50 bits per heavy atom. The maximum atomic E-state index is 12.8. The van der Waals surface area contributed by atoms with Crippen LogP contribution in [0.15, 0.2) is 91.0 Å². The van der Waals surface area contributed by atoms with E-state index in [1.54, 1.807) is 0 Å². The molecule has 0 bridgehead atoms. The summed E-state index contributed by atoms with van der Waals surface area (Å²) in [7, 11) is 0. The number of carbonyl (C=O) groups excluding carboxylic acids is 3. The Hall–Kier alpha value is -2.82. The summed E-state index contributed by atoms with van der Waals surface area (Å²) in [6.07, 6.45) is 0.599. The molecule has 1 saturated heterocycles. The van der Waals surface area contributed by atoms with Crippen LogP contribution in [0.2, 0.25) is 0 Å². The van der Waals surface area contributed by atoms with Crippen molar-refractivity contribution in [2.75, 3.05) is 6.16 Å². The number of amides is 2. The first-order valence-electron chi connectivity index (χ1n) is 10.4. The molecule has 3 aromatic carbocycles. The molecule has 0 unspecified atom stereocenters. The van der Waals surface area contributed by atoms with Gasteiger partial charge in [0.1, 0.15) is 0 Å². The molecule has 0 saturated carbocycles. The van der Waals surface area contributed by atoms with E-state index in [2.05, 4.69) is 51.9 Å². The normalized spacial score (nSPS) is 15.3. The van der Waals surface area contributed by atoms with Crippen LogP contribution in [-0.2, 0) is 19.2 Å². The van der Waals surface area contributed by atoms with E-state index in [9.17, 15) is 14.4 Å². The number of hydroxylamine groups is 2. The van der Waals surface area contributed by atoms with Crippen molar-refractivity contribution >= 4 is 54.5 Å². The maximum absolute atomic E-state index is 12.8. The second-order valence-corrected chi connectivity index (χ2v) is 16.8. The SMILES string of the molecule is O=C(CCP(Br)(c1ccccc1)(c1ccccc1)c1ccccc1)ON1C(=O)CCC1=O. The van der Waals surface area contributed by atoms with Gasteiger partial charge in [0.05, 0.1) is 0 Å². The van der Waals surface area contributed by atoms with Crippen LogP contribution in [0, 0.1) is 0 Å². The minimum absolute atomic E-state index is 0.0266. The predicted octanol–water partition coefficient (Wildman–Crippen LogP) is 3.82. The Morgan fingerprint density at radius 2 is 1.12 bits per heavy atom. The van der Waals surface area contributed by atoms with E-state index >= 15 is 0 Å². The summed E-state index contributed by atoms with van der Waals surface area (Å²) < 4.78 is 0. The zero-order valence-corrected chi connectivity index (χ0v) is 19.9. The summed E-state index contributed by atoms with van der Waals surface area (Å²) in [6, 6.07) is 30.3. The molecular formula is C25H23BrNO4P. The molecular weight excluding hydrogens is 489 g/mol. The Kier molecular flexibility index (Phi) is 6.27. The molecule has 0 atom stereocenters. The van der Waals surface area contributed by atoms with Gasteiger partial charge in [-0.15, -0.1) is 0 Å². The van der Waals surface area contributed by atoms with Crippen molar-refractivity contribution in [1.29, 1.82) is 0 Å². The quantitative estimate of drug-likeness (QED) is 0.357. The van der Waals surface area contributed by atoms with Gasteiger partial charge in [-0.3, -0.25) is 0 Å². The number of benzene rings is 3. The molecule has 0 N–H and O–H groups in total. The van der Waals surface area contributed by atoms with Crippen LogP contribution in [0.1, 0.15) is 19.3 Å². The van der Waals surface area contributed by atoms with Crippen molar-refractivity contribution in [2.24, 2.45) is 0 Å². The molecule has 7 heteroatoms. The molecule has 0 aliphatic carbocycles. The molecule has 1 fully saturated rings. The molecule has 0 aromatic heterocycles. The van der Waals surface area contributed by atoms with E-state index in [1.165, 1.54) is 0 Å². The van der Waals surface area contributed by atoms with Crippen LogP contribution < -0.4 is 15.9 Å². The van der Waals surface area contributed by atoms with Crippen molar-refractivity contribution in [3.05, 3.63) is 91.0 Å². The van der Waals surface area contributed by atoms with Crippen LogP contribution in [0.3, 0.4) is 0 Å². The summed E-state index contributed by atoms with van der Waals surface area (Å²) in [6.45, 7) is 0. The zero-order chi connectivity index (χ0) is 22.6. The Labute approximate surface area is 195 Å². The van der Waals surface area contributed by atoms with Crippen molar-refractivity contribution < 1.29 is 19.2 Å². The number of imide groups is 1. The standard InChI is InChI=1S/C25H23BrNO4P/c26-32(20-10-4-1-5-11-20,21-12-6-2-7-13-21,22-14-8-3-9-15-22)19-18-25(30)31-27-23(28)16-17-24(27)29/h1-15H,16-19H2. The topological polar surface area (TPSA) is 63.7 Å². The van der Waals surface area contributed by atoms with Crippen LogP contribution in [0.5, 0.6) is 0 Å². The fraction of sp³-hybridized carbons (Fsp3) is 0.160. The molecule has 1 aliphatic rings. The minimum atomic E-state index is -3.27. The third-order valence-corrected chi connectivity index (χ3v) is 15.8. The van der Waals surface area contributed by atoms with Crippen molar-refractivity contribution in [3.63, 3.8) is 0 Å². The molecule has 32 heavy (non-hydrogen) atoms. The van der Waals surface area contributed by atoms with Gasteiger partial charge in [0.25, 0.3) is 0 Å². The summed E-state index contributed by atoms with van der Waals surface area (Å²) in [5.74, 6) is -1.56. The van der Waals surface area contributed by atoms with Gasteiger partial charge in [0.2, 0.25) is 0 Å². The predicted molar refractivity (Wildman–Crippen MR) is 131 cm³/mol. The monoisotopic (exact) mass is 511 g/mol. The summed E-state index contributed by atoms with van der Waals surface area (Å²) in [5, 5.41) is 0.583. The van der Waals surface area contributed by atoms with Gasteiger partial charge in [-0.05, 0) is 0 Å². The van der Waals surface area contributed by atoms with Gasteiger partial charge in [-0.25, -0.2) is 0 Å². The number of hydrogen-bond donors (Lipinski definition) is 0. The first-order valence-corrected chi connectivity index (χ1v) is 14.8. The van der Waals surface area contributed by atoms with Crippen LogP contribution in [0.4, 0.5) is 0 Å². The number of hydrogen-bond acceptors (Lipinski definition) is 4. The van der Waals surface area contributed by atoms with E-state index in [0.717, 1.165) is 15.9 Å². The molecule has 3 aromatic rings. The van der Waals surface area contributed by atoms with E-state index < -0.39 is 23.1 Å². The average molecular weight is 512 g/mol. The molecule has 1 aliphatic heterocycles. The first-order chi connectivity index (χ1) is 15.4. The van der Waals surface area contributed by atoms with E-state index in [-0.39, 0.29) is 19.3 Å². The van der Waals surface area contributed by atoms with Crippen LogP contribution in [0.25, 0.3) is 0 Å². The van der Waals surface area contributed by atoms with Gasteiger partial charge in [0.15, 0.2) is 0 Å². The summed E-state index contributed by atoms with van der Waals surface area (Å²) in [4.78, 5) is 41.7. The molecule has 0 spiro atoms. The average Bonchev–Trinajstić information content (AvgIpc) is 3.16. The molecule has 5 nitrogen and oxygen atoms in total. The fourth-order valence-corrected chi connectivity index (χ4v) is 11.5. The molecule has 164 valence electrons. The number of halogens is 1. The van der Waals surface area contributed by atoms with Crippen molar-refractivity contribution in [2.45, 2.75) is 19.3 Å². The van der Waals surface area contributed by atoms with Crippen LogP contribution >= 0.6 is 20.8 Å². The molecule has 4 rings (SSSR count). The summed E-state index contributed by atoms with van der Waals surface area (Å²) in [5.41, 5.74) is 0. The van der Waals surface area contributed by atoms with E-state index in [1.807, 2.05) is 54.6 Å². The molecule has 2 amide bonds. The summed E-state index contributed by atoms with van der Waals surface area (Å²) >= 11 is 4.26. The Bertz CT molecular complexity index is 1020. The zero-order valence-electron chi connectivity index (χ0n) is 17.4. The number of carbonyl (C=O) groups is 3. The fourth-order valence-electron chi connectivity index (χ4n) is 4.16. The first kappa shape index (κ1) is 22.4. The number of nitrogens with zero attached hydrogens (tertiary/aromatic N) is 1.